The van der Waals surface area contributed by atoms with Crippen molar-refractivity contribution < 1.29 is 4.39 Å². The standard InChI is InChI=1S/C30H33FN4/c31-27-8-3-7-24(18-27)25-14-15-33-30(19-25)34-29-9-2-1-6-26(29)17-23-5-4-16-35(21-23)28-12-10-22(20-32)11-13-28/h3,7-8,10-15,18-19,23,26,29H,1-2,4-6,9,16-17,21H2,(H,33,34)/t23-,26+,29-/m1/s1. The summed E-state index contributed by atoms with van der Waals surface area (Å²) in [5.74, 6) is 1.97. The molecule has 0 radical (unpaired) electrons. The van der Waals surface area contributed by atoms with Crippen LogP contribution >= 0.6 is 0 Å². The Morgan fingerprint density at radius 2 is 1.80 bits per heavy atom. The summed E-state index contributed by atoms with van der Waals surface area (Å²) >= 11 is 0. The zero-order chi connectivity index (χ0) is 24.0. The van der Waals surface area contributed by atoms with Crippen LogP contribution in [0.2, 0.25) is 0 Å². The fourth-order valence-electron chi connectivity index (χ4n) is 5.89. The Labute approximate surface area is 207 Å². The van der Waals surface area contributed by atoms with Gasteiger partial charge in [0.05, 0.1) is 11.6 Å². The number of hydrogen-bond acceptors (Lipinski definition) is 4. The number of benzene rings is 2. The predicted octanol–water partition coefficient (Wildman–Crippen LogP) is 7.04. The molecule has 2 aromatic carbocycles. The van der Waals surface area contributed by atoms with E-state index in [1.807, 2.05) is 36.5 Å². The van der Waals surface area contributed by atoms with Gasteiger partial charge in [-0.2, -0.15) is 5.26 Å². The summed E-state index contributed by atoms with van der Waals surface area (Å²) in [6.07, 6.45) is 10.5. The van der Waals surface area contributed by atoms with Crippen LogP contribution in [-0.4, -0.2) is 24.1 Å². The van der Waals surface area contributed by atoms with Crippen LogP contribution in [0.5, 0.6) is 0 Å². The van der Waals surface area contributed by atoms with Gasteiger partial charge in [-0.3, -0.25) is 0 Å². The van der Waals surface area contributed by atoms with E-state index < -0.39 is 0 Å². The van der Waals surface area contributed by atoms with E-state index in [-0.39, 0.29) is 5.82 Å². The molecule has 35 heavy (non-hydrogen) atoms. The van der Waals surface area contributed by atoms with Gasteiger partial charge in [-0.1, -0.05) is 25.0 Å². The summed E-state index contributed by atoms with van der Waals surface area (Å²) in [6, 6.07) is 21.4. The van der Waals surface area contributed by atoms with Crippen LogP contribution in [0.25, 0.3) is 11.1 Å². The molecule has 1 saturated heterocycles. The third-order valence-corrected chi connectivity index (χ3v) is 7.68. The van der Waals surface area contributed by atoms with E-state index >= 15 is 0 Å². The molecule has 180 valence electrons. The number of anilines is 2. The molecule has 1 N–H and O–H groups in total. The first kappa shape index (κ1) is 23.4. The summed E-state index contributed by atoms with van der Waals surface area (Å²) in [4.78, 5) is 7.08. The number of aromatic nitrogens is 1. The zero-order valence-corrected chi connectivity index (χ0v) is 20.2. The number of piperidine rings is 1. The minimum absolute atomic E-state index is 0.219. The van der Waals surface area contributed by atoms with Crippen molar-refractivity contribution in [3.63, 3.8) is 0 Å². The quantitative estimate of drug-likeness (QED) is 0.422. The Kier molecular flexibility index (Phi) is 7.28. The van der Waals surface area contributed by atoms with Crippen molar-refractivity contribution in [1.82, 2.24) is 4.98 Å². The van der Waals surface area contributed by atoms with Crippen LogP contribution in [0, 0.1) is 29.0 Å². The molecular weight excluding hydrogens is 435 g/mol. The Bertz CT molecular complexity index is 1170. The number of pyridine rings is 1. The molecule has 0 bridgehead atoms. The van der Waals surface area contributed by atoms with E-state index in [0.717, 1.165) is 30.0 Å². The van der Waals surface area contributed by atoms with Gasteiger partial charge in [0.1, 0.15) is 11.6 Å². The summed E-state index contributed by atoms with van der Waals surface area (Å²) in [5.41, 5.74) is 3.80. The van der Waals surface area contributed by atoms with Gasteiger partial charge in [-0.15, -0.1) is 0 Å². The Morgan fingerprint density at radius 3 is 2.63 bits per heavy atom. The van der Waals surface area contributed by atoms with Gasteiger partial charge in [0.25, 0.3) is 0 Å². The van der Waals surface area contributed by atoms with Crippen molar-refractivity contribution in [3.8, 4) is 17.2 Å². The maximum atomic E-state index is 13.7. The lowest BCUT2D eigenvalue weighted by atomic mass is 9.77. The topological polar surface area (TPSA) is 52.0 Å². The Balaban J connectivity index is 1.24. The van der Waals surface area contributed by atoms with E-state index in [2.05, 4.69) is 33.4 Å². The van der Waals surface area contributed by atoms with E-state index in [9.17, 15) is 4.39 Å². The van der Waals surface area contributed by atoms with E-state index in [1.54, 1.807) is 12.1 Å². The van der Waals surface area contributed by atoms with Crippen LogP contribution < -0.4 is 10.2 Å². The van der Waals surface area contributed by atoms with Crippen LogP contribution in [0.1, 0.15) is 50.5 Å². The fourth-order valence-corrected chi connectivity index (χ4v) is 5.89. The molecule has 2 aliphatic rings. The first-order valence-corrected chi connectivity index (χ1v) is 12.9. The highest BCUT2D eigenvalue weighted by atomic mass is 19.1. The van der Waals surface area contributed by atoms with Crippen molar-refractivity contribution >= 4 is 11.5 Å². The first-order chi connectivity index (χ1) is 17.2. The summed E-state index contributed by atoms with van der Waals surface area (Å²) in [5, 5.41) is 12.8. The summed E-state index contributed by atoms with van der Waals surface area (Å²) < 4.78 is 13.7. The average molecular weight is 469 g/mol. The number of nitriles is 1. The minimum Gasteiger partial charge on any atom is -0.371 e. The molecule has 1 saturated carbocycles. The Morgan fingerprint density at radius 1 is 0.971 bits per heavy atom. The van der Waals surface area contributed by atoms with Gasteiger partial charge in [0, 0.05) is 31.0 Å². The molecule has 1 aromatic heterocycles. The van der Waals surface area contributed by atoms with Gasteiger partial charge >= 0.3 is 0 Å². The van der Waals surface area contributed by atoms with Gasteiger partial charge in [0.15, 0.2) is 0 Å². The normalized spacial score (nSPS) is 22.4. The molecule has 3 atom stereocenters. The lowest BCUT2D eigenvalue weighted by Crippen LogP contribution is -2.39. The van der Waals surface area contributed by atoms with Gasteiger partial charge in [-0.25, -0.2) is 9.37 Å². The molecule has 5 rings (SSSR count). The summed E-state index contributed by atoms with van der Waals surface area (Å²) in [7, 11) is 0. The van der Waals surface area contributed by atoms with Gasteiger partial charge < -0.3 is 10.2 Å². The Hall–Kier alpha value is -3.39. The van der Waals surface area contributed by atoms with Gasteiger partial charge in [-0.05, 0) is 104 Å². The molecule has 0 spiro atoms. The number of hydrogen-bond donors (Lipinski definition) is 1. The number of halogens is 1. The van der Waals surface area contributed by atoms with Crippen molar-refractivity contribution in [2.75, 3.05) is 23.3 Å². The number of nitrogens with zero attached hydrogens (tertiary/aromatic N) is 3. The maximum absolute atomic E-state index is 13.7. The predicted molar refractivity (Wildman–Crippen MR) is 140 cm³/mol. The van der Waals surface area contributed by atoms with Crippen LogP contribution in [0.3, 0.4) is 0 Å². The second kappa shape index (κ2) is 10.9. The van der Waals surface area contributed by atoms with Crippen LogP contribution in [-0.2, 0) is 0 Å². The molecule has 2 fully saturated rings. The first-order valence-electron chi connectivity index (χ1n) is 12.9. The number of nitrogens with one attached hydrogen (secondary N) is 1. The monoisotopic (exact) mass is 468 g/mol. The molecule has 1 aliphatic carbocycles. The second-order valence-electron chi connectivity index (χ2n) is 10.1. The molecule has 5 heteroatoms. The van der Waals surface area contributed by atoms with Crippen molar-refractivity contribution in [3.05, 3.63) is 78.2 Å². The molecule has 4 nitrogen and oxygen atoms in total. The molecule has 2 heterocycles. The van der Waals surface area contributed by atoms with Gasteiger partial charge in [0.2, 0.25) is 0 Å². The smallest absolute Gasteiger partial charge is 0.126 e. The third-order valence-electron chi connectivity index (χ3n) is 7.68. The zero-order valence-electron chi connectivity index (χ0n) is 20.2. The lowest BCUT2D eigenvalue weighted by Gasteiger charge is -2.39. The van der Waals surface area contributed by atoms with Crippen molar-refractivity contribution in [2.24, 2.45) is 11.8 Å². The van der Waals surface area contributed by atoms with E-state index in [1.165, 1.54) is 56.7 Å². The lowest BCUT2D eigenvalue weighted by molar-refractivity contribution is 0.247. The molecule has 0 amide bonds. The van der Waals surface area contributed by atoms with Crippen molar-refractivity contribution in [1.29, 1.82) is 5.26 Å². The molecule has 0 unspecified atom stereocenters. The van der Waals surface area contributed by atoms with E-state index in [4.69, 9.17) is 5.26 Å². The summed E-state index contributed by atoms with van der Waals surface area (Å²) in [6.45, 7) is 2.17. The highest BCUT2D eigenvalue weighted by Gasteiger charge is 2.30. The van der Waals surface area contributed by atoms with Crippen molar-refractivity contribution in [2.45, 2.75) is 51.0 Å². The molecule has 3 aromatic rings. The van der Waals surface area contributed by atoms with Crippen LogP contribution in [0.4, 0.5) is 15.9 Å². The average Bonchev–Trinajstić information content (AvgIpc) is 2.90. The maximum Gasteiger partial charge on any atom is 0.126 e. The largest absolute Gasteiger partial charge is 0.371 e. The number of rotatable bonds is 6. The highest BCUT2D eigenvalue weighted by Crippen LogP contribution is 2.35. The van der Waals surface area contributed by atoms with Crippen LogP contribution in [0.15, 0.2) is 66.9 Å². The molecule has 1 aliphatic heterocycles. The minimum atomic E-state index is -0.219. The fraction of sp³-hybridized carbons (Fsp3) is 0.400. The third kappa shape index (κ3) is 5.82. The van der Waals surface area contributed by atoms with E-state index in [0.29, 0.717) is 23.4 Å². The highest BCUT2D eigenvalue weighted by molar-refractivity contribution is 5.66. The second-order valence-corrected chi connectivity index (χ2v) is 10.1. The SMILES string of the molecule is N#Cc1ccc(N2CCC[C@H](C[C@@H]3CCCC[C@H]3Nc3cc(-c4cccc(F)c4)ccn3)C2)cc1. The molecular formula is C30H33FN4.